The summed E-state index contributed by atoms with van der Waals surface area (Å²) in [6, 6.07) is 13.1. The van der Waals surface area contributed by atoms with Gasteiger partial charge in [-0.05, 0) is 43.6 Å². The third kappa shape index (κ3) is 5.75. The summed E-state index contributed by atoms with van der Waals surface area (Å²) in [5.74, 6) is 0.644. The fourth-order valence-corrected chi connectivity index (χ4v) is 5.24. The number of para-hydroxylation sites is 1. The van der Waals surface area contributed by atoms with E-state index >= 15 is 0 Å². The number of hydrogen-bond donors (Lipinski definition) is 0. The molecule has 1 rings (SSSR count). The van der Waals surface area contributed by atoms with Crippen LogP contribution in [0.5, 0.6) is 5.75 Å². The van der Waals surface area contributed by atoms with Crippen LogP contribution in [0.1, 0.15) is 27.2 Å². The van der Waals surface area contributed by atoms with Crippen LogP contribution in [0.4, 0.5) is 0 Å². The van der Waals surface area contributed by atoms with E-state index in [0.29, 0.717) is 12.2 Å². The number of ether oxygens (including phenoxy) is 1. The Morgan fingerprint density at radius 2 is 1.81 bits per heavy atom. The van der Waals surface area contributed by atoms with Gasteiger partial charge in [-0.25, -0.2) is 4.79 Å². The molecule has 0 bridgehead atoms. The number of rotatable bonds is 9. The van der Waals surface area contributed by atoms with E-state index in [1.54, 1.807) is 6.92 Å². The predicted octanol–water partition coefficient (Wildman–Crippen LogP) is 4.56. The smallest absolute Gasteiger partial charge is 0.333 e. The summed E-state index contributed by atoms with van der Waals surface area (Å²) >= 11 is 0. The molecule has 0 N–H and O–H groups in total. The number of benzene rings is 1. The molecule has 4 heteroatoms. The van der Waals surface area contributed by atoms with E-state index in [0.717, 1.165) is 30.3 Å². The van der Waals surface area contributed by atoms with Crippen molar-refractivity contribution in [3.8, 4) is 5.75 Å². The highest BCUT2D eigenvalue weighted by molar-refractivity contribution is 6.74. The lowest BCUT2D eigenvalue weighted by Gasteiger charge is -2.30. The summed E-state index contributed by atoms with van der Waals surface area (Å²) in [6.45, 7) is 10.1. The van der Waals surface area contributed by atoms with Crippen molar-refractivity contribution in [2.75, 3.05) is 6.61 Å². The third-order valence-corrected chi connectivity index (χ3v) is 8.24. The van der Waals surface area contributed by atoms with Crippen molar-refractivity contribution in [2.24, 2.45) is 0 Å². The van der Waals surface area contributed by atoms with E-state index in [9.17, 15) is 4.79 Å². The molecule has 0 unspecified atom stereocenters. The molecule has 1 aromatic carbocycles. The van der Waals surface area contributed by atoms with Crippen molar-refractivity contribution in [1.29, 1.82) is 0 Å². The fourth-order valence-electron chi connectivity index (χ4n) is 2.22. The van der Waals surface area contributed by atoms with Gasteiger partial charge in [-0.2, -0.15) is 0 Å². The fraction of sp³-hybridized carbons (Fsp3) is 0.471. The van der Waals surface area contributed by atoms with E-state index < -0.39 is 8.32 Å². The van der Waals surface area contributed by atoms with E-state index in [-0.39, 0.29) is 5.97 Å². The highest BCUT2D eigenvalue weighted by Crippen LogP contribution is 2.26. The van der Waals surface area contributed by atoms with Crippen LogP contribution in [0, 0.1) is 0 Å². The van der Waals surface area contributed by atoms with Crippen molar-refractivity contribution >= 4 is 14.3 Å². The number of esters is 1. The van der Waals surface area contributed by atoms with Crippen molar-refractivity contribution in [3.63, 3.8) is 0 Å². The molecule has 116 valence electrons. The molecule has 0 aliphatic rings. The van der Waals surface area contributed by atoms with E-state index in [4.69, 9.17) is 9.16 Å². The van der Waals surface area contributed by atoms with Gasteiger partial charge in [0.15, 0.2) is 0 Å². The summed E-state index contributed by atoms with van der Waals surface area (Å²) in [5.41, 5.74) is 0.449. The lowest BCUT2D eigenvalue weighted by Crippen LogP contribution is -2.40. The van der Waals surface area contributed by atoms with Gasteiger partial charge in [0.05, 0.1) is 6.61 Å². The van der Waals surface area contributed by atoms with Crippen molar-refractivity contribution < 1.29 is 14.0 Å². The standard InChI is InChI=1S/C17H26O3Si/c1-5-21(6-2,20-16-11-8-7-9-12-16)14-10-13-19-17(18)15(3)4/h7-9,11-12H,3,5-6,10,13-14H2,1-2,4H3. The van der Waals surface area contributed by atoms with Gasteiger partial charge in [0.2, 0.25) is 0 Å². The Kier molecular flexibility index (Phi) is 7.23. The molecule has 0 aliphatic carbocycles. The molecule has 0 aromatic heterocycles. The van der Waals surface area contributed by atoms with Gasteiger partial charge in [-0.3, -0.25) is 0 Å². The second-order valence-corrected chi connectivity index (χ2v) is 9.81. The largest absolute Gasteiger partial charge is 0.543 e. The van der Waals surface area contributed by atoms with Crippen LogP contribution in [0.2, 0.25) is 18.1 Å². The van der Waals surface area contributed by atoms with Gasteiger partial charge in [0.25, 0.3) is 8.32 Å². The minimum Gasteiger partial charge on any atom is -0.543 e. The Labute approximate surface area is 129 Å². The summed E-state index contributed by atoms with van der Waals surface area (Å²) < 4.78 is 11.5. The van der Waals surface area contributed by atoms with Crippen LogP contribution in [0.3, 0.4) is 0 Å². The van der Waals surface area contributed by atoms with Crippen LogP contribution < -0.4 is 4.43 Å². The molecule has 0 saturated heterocycles. The zero-order valence-electron chi connectivity index (χ0n) is 13.4. The molecule has 0 fully saturated rings. The summed E-state index contributed by atoms with van der Waals surface area (Å²) in [5, 5.41) is 0. The third-order valence-electron chi connectivity index (χ3n) is 3.72. The van der Waals surface area contributed by atoms with E-state index in [1.807, 2.05) is 30.3 Å². The number of carbonyl (C=O) groups excluding carboxylic acids is 1. The lowest BCUT2D eigenvalue weighted by molar-refractivity contribution is -0.138. The maximum atomic E-state index is 11.4. The average molecular weight is 306 g/mol. The van der Waals surface area contributed by atoms with Gasteiger partial charge in [-0.15, -0.1) is 0 Å². The number of hydrogen-bond acceptors (Lipinski definition) is 3. The van der Waals surface area contributed by atoms with Gasteiger partial charge < -0.3 is 9.16 Å². The van der Waals surface area contributed by atoms with Crippen molar-refractivity contribution in [3.05, 3.63) is 42.5 Å². The Morgan fingerprint density at radius 1 is 1.19 bits per heavy atom. The molecule has 0 spiro atoms. The molecule has 0 amide bonds. The first-order valence-electron chi connectivity index (χ1n) is 7.59. The summed E-state index contributed by atoms with van der Waals surface area (Å²) in [6.07, 6.45) is 0.847. The molecule has 1 aromatic rings. The summed E-state index contributed by atoms with van der Waals surface area (Å²) in [7, 11) is -1.80. The van der Waals surface area contributed by atoms with Gasteiger partial charge in [-0.1, -0.05) is 38.6 Å². The molecule has 0 heterocycles. The molecule has 0 atom stereocenters. The SMILES string of the molecule is C=C(C)C(=O)OCCC[Si](CC)(CC)Oc1ccccc1. The van der Waals surface area contributed by atoms with Crippen molar-refractivity contribution in [1.82, 2.24) is 0 Å². The molecule has 3 nitrogen and oxygen atoms in total. The molecule has 21 heavy (non-hydrogen) atoms. The molecule has 0 aliphatic heterocycles. The minimum atomic E-state index is -1.80. The Balaban J connectivity index is 2.52. The lowest BCUT2D eigenvalue weighted by atomic mass is 10.3. The van der Waals surface area contributed by atoms with E-state index in [1.165, 1.54) is 0 Å². The second kappa shape index (κ2) is 8.67. The topological polar surface area (TPSA) is 35.5 Å². The van der Waals surface area contributed by atoms with Crippen molar-refractivity contribution in [2.45, 2.75) is 45.3 Å². The van der Waals surface area contributed by atoms with Crippen LogP contribution in [0.15, 0.2) is 42.5 Å². The Hall–Kier alpha value is -1.55. The highest BCUT2D eigenvalue weighted by atomic mass is 28.4. The molecular weight excluding hydrogens is 280 g/mol. The first-order chi connectivity index (χ1) is 10.0. The maximum Gasteiger partial charge on any atom is 0.333 e. The van der Waals surface area contributed by atoms with Crippen LogP contribution in [-0.4, -0.2) is 20.9 Å². The normalized spacial score (nSPS) is 11.0. The summed E-state index contributed by atoms with van der Waals surface area (Å²) in [4.78, 5) is 11.4. The minimum absolute atomic E-state index is 0.306. The molecule has 0 radical (unpaired) electrons. The number of carbonyl (C=O) groups is 1. The van der Waals surface area contributed by atoms with Gasteiger partial charge >= 0.3 is 5.97 Å². The zero-order chi connectivity index (χ0) is 15.7. The zero-order valence-corrected chi connectivity index (χ0v) is 14.4. The van der Waals surface area contributed by atoms with E-state index in [2.05, 4.69) is 20.4 Å². The first-order valence-corrected chi connectivity index (χ1v) is 10.1. The quantitative estimate of drug-likeness (QED) is 0.290. The maximum absolute atomic E-state index is 11.4. The predicted molar refractivity (Wildman–Crippen MR) is 89.0 cm³/mol. The van der Waals surface area contributed by atoms with Gasteiger partial charge in [0.1, 0.15) is 5.75 Å². The van der Waals surface area contributed by atoms with Gasteiger partial charge in [0, 0.05) is 5.57 Å². The highest BCUT2D eigenvalue weighted by Gasteiger charge is 2.32. The molecular formula is C17H26O3Si. The monoisotopic (exact) mass is 306 g/mol. The molecule has 0 saturated carbocycles. The van der Waals surface area contributed by atoms with Crippen LogP contribution >= 0.6 is 0 Å². The average Bonchev–Trinajstić information content (AvgIpc) is 2.51. The Morgan fingerprint density at radius 3 is 2.33 bits per heavy atom. The Bertz CT molecular complexity index is 452. The van der Waals surface area contributed by atoms with Crippen LogP contribution in [-0.2, 0) is 9.53 Å². The van der Waals surface area contributed by atoms with Crippen LogP contribution in [0.25, 0.3) is 0 Å². The second-order valence-electron chi connectivity index (χ2n) is 5.33. The first kappa shape index (κ1) is 17.5.